The highest BCUT2D eigenvalue weighted by atomic mass is 16.1. The Morgan fingerprint density at radius 3 is 2.96 bits per heavy atom. The third-order valence-electron chi connectivity index (χ3n) is 4.99. The van der Waals surface area contributed by atoms with Gasteiger partial charge in [-0.25, -0.2) is 14.8 Å². The quantitative estimate of drug-likeness (QED) is 0.577. The average molecular weight is 345 g/mol. The lowest BCUT2D eigenvalue weighted by Gasteiger charge is -2.18. The first kappa shape index (κ1) is 14.7. The number of nitrogens with zero attached hydrogens (tertiary/aromatic N) is 5. The first-order valence-electron chi connectivity index (χ1n) is 8.42. The lowest BCUT2D eigenvalue weighted by molar-refractivity contribution is 0.551. The summed E-state index contributed by atoms with van der Waals surface area (Å²) in [5.74, 6) is 0.827. The first-order chi connectivity index (χ1) is 12.7. The number of rotatable bonds is 2. The van der Waals surface area contributed by atoms with Crippen molar-refractivity contribution >= 4 is 27.9 Å². The number of aromatic nitrogens is 5. The number of hydrogen-bond donors (Lipinski definition) is 2. The number of hydrogen-bond acceptors (Lipinski definition) is 5. The second kappa shape index (κ2) is 5.46. The van der Waals surface area contributed by atoms with Crippen LogP contribution in [0.2, 0.25) is 0 Å². The monoisotopic (exact) mass is 345 g/mol. The third kappa shape index (κ3) is 2.10. The molecule has 0 spiro atoms. The van der Waals surface area contributed by atoms with Gasteiger partial charge >= 0.3 is 5.69 Å². The number of anilines is 1. The third-order valence-corrected chi connectivity index (χ3v) is 4.99. The van der Waals surface area contributed by atoms with Gasteiger partial charge in [-0.05, 0) is 24.6 Å². The van der Waals surface area contributed by atoms with Gasteiger partial charge in [0, 0.05) is 30.9 Å². The summed E-state index contributed by atoms with van der Waals surface area (Å²) in [6.07, 6.45) is 5.96. The highest BCUT2D eigenvalue weighted by Crippen LogP contribution is 2.29. The molecular weight excluding hydrogens is 330 g/mol. The number of aromatic amines is 2. The van der Waals surface area contributed by atoms with Gasteiger partial charge in [0.1, 0.15) is 17.5 Å². The van der Waals surface area contributed by atoms with Gasteiger partial charge in [0.25, 0.3) is 0 Å². The molecule has 4 aromatic heterocycles. The lowest BCUT2D eigenvalue weighted by Crippen LogP contribution is -2.26. The standard InChI is InChI=1S/C18H15N7O/c19-7-11-1-2-15(21-8-11)24-6-4-12(10-24)25-16-13-3-5-20-17(13)22-9-14(16)23-18(25)26/h1-3,5,8-9,12H,4,6,10H2,(H,20,22)(H,23,26)/t12-/m1/s1. The van der Waals surface area contributed by atoms with Crippen LogP contribution in [0.15, 0.2) is 41.6 Å². The first-order valence-corrected chi connectivity index (χ1v) is 8.42. The molecule has 0 saturated carbocycles. The van der Waals surface area contributed by atoms with Crippen LogP contribution in [0.4, 0.5) is 5.82 Å². The van der Waals surface area contributed by atoms with Crippen molar-refractivity contribution in [3.05, 3.63) is 52.8 Å². The van der Waals surface area contributed by atoms with Gasteiger partial charge in [0.05, 0.1) is 28.8 Å². The van der Waals surface area contributed by atoms with Gasteiger partial charge in [-0.15, -0.1) is 0 Å². The van der Waals surface area contributed by atoms with Crippen molar-refractivity contribution in [1.29, 1.82) is 5.26 Å². The van der Waals surface area contributed by atoms with E-state index in [0.717, 1.165) is 40.9 Å². The Morgan fingerprint density at radius 1 is 1.23 bits per heavy atom. The minimum Gasteiger partial charge on any atom is -0.354 e. The van der Waals surface area contributed by atoms with Gasteiger partial charge in [-0.2, -0.15) is 5.26 Å². The average Bonchev–Trinajstić information content (AvgIpc) is 3.38. The van der Waals surface area contributed by atoms with Crippen LogP contribution >= 0.6 is 0 Å². The number of fused-ring (bicyclic) bond motifs is 3. The fourth-order valence-corrected chi connectivity index (χ4v) is 3.77. The summed E-state index contributed by atoms with van der Waals surface area (Å²) in [6.45, 7) is 1.50. The molecule has 1 aliphatic heterocycles. The van der Waals surface area contributed by atoms with Crippen molar-refractivity contribution in [3.8, 4) is 6.07 Å². The van der Waals surface area contributed by atoms with Crippen molar-refractivity contribution in [3.63, 3.8) is 0 Å². The smallest absolute Gasteiger partial charge is 0.326 e. The highest BCUT2D eigenvalue weighted by Gasteiger charge is 2.28. The minimum absolute atomic E-state index is 0.0502. The fraction of sp³-hybridized carbons (Fsp3) is 0.222. The van der Waals surface area contributed by atoms with Crippen LogP contribution in [0.25, 0.3) is 22.1 Å². The van der Waals surface area contributed by atoms with Crippen LogP contribution < -0.4 is 10.6 Å². The number of imidazole rings is 1. The zero-order valence-electron chi connectivity index (χ0n) is 13.8. The summed E-state index contributed by atoms with van der Waals surface area (Å²) in [5, 5.41) is 9.85. The van der Waals surface area contributed by atoms with Crippen molar-refractivity contribution < 1.29 is 0 Å². The summed E-state index contributed by atoms with van der Waals surface area (Å²) in [4.78, 5) is 29.5. The Balaban J connectivity index is 1.54. The highest BCUT2D eigenvalue weighted by molar-refractivity contribution is 6.00. The lowest BCUT2D eigenvalue weighted by atomic mass is 10.2. The Bertz CT molecular complexity index is 1210. The van der Waals surface area contributed by atoms with Crippen molar-refractivity contribution in [2.24, 2.45) is 0 Å². The molecule has 0 aromatic carbocycles. The molecule has 1 fully saturated rings. The van der Waals surface area contributed by atoms with Crippen LogP contribution in [0.5, 0.6) is 0 Å². The Morgan fingerprint density at radius 2 is 2.15 bits per heavy atom. The second-order valence-electron chi connectivity index (χ2n) is 6.47. The van der Waals surface area contributed by atoms with Crippen LogP contribution in [0.1, 0.15) is 18.0 Å². The molecule has 0 radical (unpaired) electrons. The molecule has 1 saturated heterocycles. The van der Waals surface area contributed by atoms with E-state index < -0.39 is 0 Å². The predicted molar refractivity (Wildman–Crippen MR) is 97.0 cm³/mol. The summed E-state index contributed by atoms with van der Waals surface area (Å²) in [6, 6.07) is 7.70. The largest absolute Gasteiger partial charge is 0.354 e. The molecule has 5 heterocycles. The fourth-order valence-electron chi connectivity index (χ4n) is 3.77. The van der Waals surface area contributed by atoms with Crippen molar-refractivity contribution in [2.45, 2.75) is 12.5 Å². The molecule has 8 nitrogen and oxygen atoms in total. The molecule has 0 bridgehead atoms. The molecule has 0 unspecified atom stereocenters. The van der Waals surface area contributed by atoms with Crippen molar-refractivity contribution in [2.75, 3.05) is 18.0 Å². The van der Waals surface area contributed by atoms with E-state index in [1.807, 2.05) is 22.9 Å². The number of H-pyrrole nitrogens is 2. The number of nitriles is 1. The molecule has 1 atom stereocenters. The van der Waals surface area contributed by atoms with Gasteiger partial charge in [0.15, 0.2) is 0 Å². The maximum atomic E-state index is 12.6. The normalized spacial score (nSPS) is 17.2. The molecule has 128 valence electrons. The second-order valence-corrected chi connectivity index (χ2v) is 6.47. The molecule has 5 rings (SSSR count). The predicted octanol–water partition coefficient (Wildman–Crippen LogP) is 1.92. The Hall–Kier alpha value is -3.60. The van der Waals surface area contributed by atoms with E-state index in [-0.39, 0.29) is 11.7 Å². The SMILES string of the molecule is N#Cc1ccc(N2CC[C@@H](n3c(=O)[nH]c4cnc5[nH]ccc5c43)C2)nc1. The van der Waals surface area contributed by atoms with Crippen molar-refractivity contribution in [1.82, 2.24) is 24.5 Å². The van der Waals surface area contributed by atoms with Crippen LogP contribution in [-0.4, -0.2) is 37.6 Å². The van der Waals surface area contributed by atoms with Crippen LogP contribution in [0, 0.1) is 11.3 Å². The number of pyridine rings is 2. The zero-order valence-corrected chi connectivity index (χ0v) is 13.8. The molecule has 2 N–H and O–H groups in total. The zero-order chi connectivity index (χ0) is 17.7. The Labute approximate surface area is 147 Å². The van der Waals surface area contributed by atoms with E-state index in [9.17, 15) is 4.79 Å². The van der Waals surface area contributed by atoms with Gasteiger partial charge < -0.3 is 14.9 Å². The minimum atomic E-state index is -0.116. The number of nitrogens with one attached hydrogen (secondary N) is 2. The molecule has 0 amide bonds. The maximum absolute atomic E-state index is 12.6. The molecule has 8 heteroatoms. The van der Waals surface area contributed by atoms with E-state index in [1.54, 1.807) is 18.5 Å². The summed E-state index contributed by atoms with van der Waals surface area (Å²) >= 11 is 0. The Kier molecular flexibility index (Phi) is 3.09. The van der Waals surface area contributed by atoms with Gasteiger partial charge in [-0.1, -0.05) is 0 Å². The molecule has 26 heavy (non-hydrogen) atoms. The molecular formula is C18H15N7O. The summed E-state index contributed by atoms with van der Waals surface area (Å²) in [5.41, 5.74) is 2.83. The van der Waals surface area contributed by atoms with Gasteiger partial charge in [-0.3, -0.25) is 4.57 Å². The van der Waals surface area contributed by atoms with E-state index in [2.05, 4.69) is 30.9 Å². The van der Waals surface area contributed by atoms with E-state index in [1.165, 1.54) is 0 Å². The van der Waals surface area contributed by atoms with Gasteiger partial charge in [0.2, 0.25) is 0 Å². The molecule has 0 aliphatic carbocycles. The van der Waals surface area contributed by atoms with Crippen LogP contribution in [-0.2, 0) is 0 Å². The summed E-state index contributed by atoms with van der Waals surface area (Å²) < 4.78 is 1.84. The molecule has 1 aliphatic rings. The van der Waals surface area contributed by atoms with E-state index >= 15 is 0 Å². The molecule has 4 aromatic rings. The van der Waals surface area contributed by atoms with Crippen LogP contribution in [0.3, 0.4) is 0 Å². The topological polar surface area (TPSA) is 106 Å². The maximum Gasteiger partial charge on any atom is 0.326 e. The van der Waals surface area contributed by atoms with E-state index in [4.69, 9.17) is 5.26 Å². The summed E-state index contributed by atoms with van der Waals surface area (Å²) in [7, 11) is 0. The van der Waals surface area contributed by atoms with E-state index in [0.29, 0.717) is 12.1 Å².